The minimum atomic E-state index is -1.20. The number of hydrogen-bond donors (Lipinski definition) is 2. The van der Waals surface area contributed by atoms with E-state index in [1.807, 2.05) is 6.08 Å². The van der Waals surface area contributed by atoms with Crippen LogP contribution in [0.4, 0.5) is 18.0 Å². The van der Waals surface area contributed by atoms with Crippen LogP contribution >= 0.6 is 0 Å². The van der Waals surface area contributed by atoms with Crippen molar-refractivity contribution in [2.24, 2.45) is 5.73 Å². The first-order chi connectivity index (χ1) is 12.3. The van der Waals surface area contributed by atoms with Crippen molar-refractivity contribution < 1.29 is 23.1 Å². The first-order valence-corrected chi connectivity index (χ1v) is 8.63. The number of hydrogen-bond acceptors (Lipinski definition) is 3. The van der Waals surface area contributed by atoms with Crippen LogP contribution in [0.3, 0.4) is 0 Å². The van der Waals surface area contributed by atoms with E-state index < -0.39 is 29.5 Å². The minimum absolute atomic E-state index is 0.113. The SMILES string of the molecule is N[C@@H]1CC(CN2CCN(C(=O)O)CC2)=CC[C@H]1c1cc(F)c(F)cc1F. The van der Waals surface area contributed by atoms with Gasteiger partial charge in [-0.2, -0.15) is 0 Å². The Morgan fingerprint density at radius 2 is 1.77 bits per heavy atom. The quantitative estimate of drug-likeness (QED) is 0.635. The predicted molar refractivity (Wildman–Crippen MR) is 90.4 cm³/mol. The number of rotatable bonds is 3. The zero-order valence-corrected chi connectivity index (χ0v) is 14.3. The number of carbonyl (C=O) groups is 1. The van der Waals surface area contributed by atoms with E-state index in [9.17, 15) is 18.0 Å². The van der Waals surface area contributed by atoms with E-state index in [1.165, 1.54) is 4.90 Å². The number of amides is 1. The zero-order chi connectivity index (χ0) is 18.8. The van der Waals surface area contributed by atoms with E-state index in [-0.39, 0.29) is 11.6 Å². The molecule has 1 amide bonds. The molecule has 2 atom stereocenters. The Bertz CT molecular complexity index is 718. The fourth-order valence-corrected chi connectivity index (χ4v) is 3.69. The molecule has 0 spiro atoms. The third-order valence-corrected chi connectivity index (χ3v) is 5.18. The highest BCUT2D eigenvalue weighted by Crippen LogP contribution is 2.34. The maximum atomic E-state index is 14.0. The Hall–Kier alpha value is -2.06. The van der Waals surface area contributed by atoms with Crippen LogP contribution in [0.25, 0.3) is 0 Å². The van der Waals surface area contributed by atoms with Gasteiger partial charge >= 0.3 is 6.09 Å². The maximum Gasteiger partial charge on any atom is 0.407 e. The molecule has 1 fully saturated rings. The molecule has 1 aliphatic heterocycles. The van der Waals surface area contributed by atoms with E-state index in [0.717, 1.165) is 11.6 Å². The van der Waals surface area contributed by atoms with Gasteiger partial charge in [0.1, 0.15) is 5.82 Å². The van der Waals surface area contributed by atoms with Crippen LogP contribution in [0.15, 0.2) is 23.8 Å². The van der Waals surface area contributed by atoms with E-state index in [2.05, 4.69) is 4.90 Å². The summed E-state index contributed by atoms with van der Waals surface area (Å²) in [6, 6.07) is 1.09. The van der Waals surface area contributed by atoms with Gasteiger partial charge in [0.15, 0.2) is 11.6 Å². The van der Waals surface area contributed by atoms with Crippen LogP contribution in [0.2, 0.25) is 0 Å². The molecular weight excluding hydrogens is 347 g/mol. The number of allylic oxidation sites excluding steroid dienone is 1. The van der Waals surface area contributed by atoms with Crippen LogP contribution in [-0.2, 0) is 0 Å². The number of piperazine rings is 1. The summed E-state index contributed by atoms with van der Waals surface area (Å²) in [7, 11) is 0. The lowest BCUT2D eigenvalue weighted by atomic mass is 9.80. The lowest BCUT2D eigenvalue weighted by Crippen LogP contribution is -2.49. The normalized spacial score (nSPS) is 24.5. The first-order valence-electron chi connectivity index (χ1n) is 8.63. The van der Waals surface area contributed by atoms with Crippen LogP contribution in [-0.4, -0.2) is 59.8 Å². The Morgan fingerprint density at radius 1 is 1.12 bits per heavy atom. The smallest absolute Gasteiger partial charge is 0.407 e. The second-order valence-corrected chi connectivity index (χ2v) is 6.91. The second kappa shape index (κ2) is 7.67. The van der Waals surface area contributed by atoms with Gasteiger partial charge in [0.05, 0.1) is 0 Å². The van der Waals surface area contributed by atoms with Crippen molar-refractivity contribution in [1.82, 2.24) is 9.80 Å². The van der Waals surface area contributed by atoms with Gasteiger partial charge in [0.25, 0.3) is 0 Å². The number of benzene rings is 1. The molecule has 0 saturated carbocycles. The molecule has 8 heteroatoms. The lowest BCUT2D eigenvalue weighted by molar-refractivity contribution is 0.108. The van der Waals surface area contributed by atoms with Crippen LogP contribution in [0.5, 0.6) is 0 Å². The summed E-state index contributed by atoms with van der Waals surface area (Å²) in [6.07, 6.45) is 2.09. The van der Waals surface area contributed by atoms with E-state index >= 15 is 0 Å². The van der Waals surface area contributed by atoms with Gasteiger partial charge in [-0.25, -0.2) is 18.0 Å². The minimum Gasteiger partial charge on any atom is -0.465 e. The molecule has 1 heterocycles. The molecule has 2 aliphatic rings. The van der Waals surface area contributed by atoms with Gasteiger partial charge in [0, 0.05) is 50.7 Å². The van der Waals surface area contributed by atoms with Crippen molar-refractivity contribution in [2.45, 2.75) is 24.8 Å². The number of carboxylic acid groups (broad SMARTS) is 1. The summed E-state index contributed by atoms with van der Waals surface area (Å²) in [5.74, 6) is -3.43. The Balaban J connectivity index is 1.63. The summed E-state index contributed by atoms with van der Waals surface area (Å²) in [4.78, 5) is 14.5. The van der Waals surface area contributed by atoms with E-state index in [4.69, 9.17) is 10.8 Å². The standard InChI is InChI=1S/C18H22F3N3O2/c19-14-9-16(21)15(20)8-13(14)12-2-1-11(7-17(12)22)10-23-3-5-24(6-4-23)18(25)26/h1,8-9,12,17H,2-7,10,22H2,(H,25,26)/t12-,17+/m0/s1. The average molecular weight is 369 g/mol. The molecule has 3 rings (SSSR count). The number of halogens is 3. The fraction of sp³-hybridized carbons (Fsp3) is 0.500. The average Bonchev–Trinajstić information content (AvgIpc) is 2.59. The molecule has 1 aromatic carbocycles. The molecule has 3 N–H and O–H groups in total. The molecular formula is C18H22F3N3O2. The Morgan fingerprint density at radius 3 is 2.38 bits per heavy atom. The highest BCUT2D eigenvalue weighted by Gasteiger charge is 2.29. The predicted octanol–water partition coefficient (Wildman–Crippen LogP) is 2.53. The van der Waals surface area contributed by atoms with Gasteiger partial charge in [-0.3, -0.25) is 4.90 Å². The molecule has 142 valence electrons. The van der Waals surface area contributed by atoms with Crippen molar-refractivity contribution in [3.05, 3.63) is 46.8 Å². The molecule has 1 aromatic rings. The maximum absolute atomic E-state index is 14.0. The monoisotopic (exact) mass is 369 g/mol. The second-order valence-electron chi connectivity index (χ2n) is 6.91. The lowest BCUT2D eigenvalue weighted by Gasteiger charge is -2.35. The fourth-order valence-electron chi connectivity index (χ4n) is 3.69. The van der Waals surface area contributed by atoms with Gasteiger partial charge in [-0.05, 0) is 24.5 Å². The van der Waals surface area contributed by atoms with Gasteiger partial charge < -0.3 is 15.7 Å². The Kier molecular flexibility index (Phi) is 5.52. The van der Waals surface area contributed by atoms with Crippen molar-refractivity contribution >= 4 is 6.09 Å². The molecule has 0 aromatic heterocycles. The molecule has 5 nitrogen and oxygen atoms in total. The highest BCUT2D eigenvalue weighted by molar-refractivity contribution is 5.65. The van der Waals surface area contributed by atoms with Gasteiger partial charge in [0.2, 0.25) is 0 Å². The summed E-state index contributed by atoms with van der Waals surface area (Å²) >= 11 is 0. The van der Waals surface area contributed by atoms with E-state index in [1.54, 1.807) is 0 Å². The largest absolute Gasteiger partial charge is 0.465 e. The summed E-state index contributed by atoms with van der Waals surface area (Å²) in [5.41, 5.74) is 7.42. The first kappa shape index (κ1) is 18.7. The van der Waals surface area contributed by atoms with Crippen molar-refractivity contribution in [2.75, 3.05) is 32.7 Å². The van der Waals surface area contributed by atoms with Crippen molar-refractivity contribution in [3.63, 3.8) is 0 Å². The van der Waals surface area contributed by atoms with Crippen molar-refractivity contribution in [1.29, 1.82) is 0 Å². The van der Waals surface area contributed by atoms with Crippen molar-refractivity contribution in [3.8, 4) is 0 Å². The third kappa shape index (κ3) is 4.02. The molecule has 1 saturated heterocycles. The molecule has 0 radical (unpaired) electrons. The number of nitrogens with two attached hydrogens (primary N) is 1. The van der Waals surface area contributed by atoms with Crippen LogP contribution < -0.4 is 5.73 Å². The molecule has 0 bridgehead atoms. The molecule has 0 unspecified atom stereocenters. The van der Waals surface area contributed by atoms with Crippen LogP contribution in [0, 0.1) is 17.5 Å². The number of nitrogens with zero attached hydrogens (tertiary/aromatic N) is 2. The third-order valence-electron chi connectivity index (χ3n) is 5.18. The summed E-state index contributed by atoms with van der Waals surface area (Å²) in [5, 5.41) is 8.98. The van der Waals surface area contributed by atoms with Gasteiger partial charge in [-0.15, -0.1) is 0 Å². The topological polar surface area (TPSA) is 69.8 Å². The van der Waals surface area contributed by atoms with Crippen LogP contribution in [0.1, 0.15) is 24.3 Å². The summed E-state index contributed by atoms with van der Waals surface area (Å²) < 4.78 is 40.6. The van der Waals surface area contributed by atoms with E-state index in [0.29, 0.717) is 51.6 Å². The van der Waals surface area contributed by atoms with Gasteiger partial charge in [-0.1, -0.05) is 11.6 Å². The zero-order valence-electron chi connectivity index (χ0n) is 14.3. The Labute approximate surface area is 149 Å². The summed E-state index contributed by atoms with van der Waals surface area (Å²) in [6.45, 7) is 2.93. The highest BCUT2D eigenvalue weighted by atomic mass is 19.2. The molecule has 26 heavy (non-hydrogen) atoms. The molecule has 1 aliphatic carbocycles.